The van der Waals surface area contributed by atoms with Crippen LogP contribution in [0.5, 0.6) is 5.75 Å². The van der Waals surface area contributed by atoms with Gasteiger partial charge in [-0.1, -0.05) is 6.07 Å². The fourth-order valence-electron chi connectivity index (χ4n) is 2.95. The first-order valence-electron chi connectivity index (χ1n) is 7.23. The number of aromatic nitrogens is 1. The van der Waals surface area contributed by atoms with E-state index in [4.69, 9.17) is 10.5 Å². The van der Waals surface area contributed by atoms with Gasteiger partial charge in [0.05, 0.1) is 12.1 Å². The normalized spacial score (nSPS) is 18.0. The average Bonchev–Trinajstić information content (AvgIpc) is 3.07. The summed E-state index contributed by atoms with van der Waals surface area (Å²) in [5, 5.41) is 3.32. The topological polar surface area (TPSA) is 51.4 Å². The summed E-state index contributed by atoms with van der Waals surface area (Å²) in [4.78, 5) is 6.98. The van der Waals surface area contributed by atoms with Crippen LogP contribution >= 0.6 is 11.3 Å². The van der Waals surface area contributed by atoms with E-state index in [0.29, 0.717) is 6.54 Å². The van der Waals surface area contributed by atoms with Crippen molar-refractivity contribution in [2.75, 3.05) is 20.2 Å². The number of nitrogens with two attached hydrogens (primary N) is 1. The molecule has 0 saturated carbocycles. The van der Waals surface area contributed by atoms with Crippen LogP contribution in [0.4, 0.5) is 0 Å². The van der Waals surface area contributed by atoms with Crippen molar-refractivity contribution in [3.8, 4) is 5.75 Å². The summed E-state index contributed by atoms with van der Waals surface area (Å²) in [7, 11) is 1.71. The van der Waals surface area contributed by atoms with Gasteiger partial charge in [0.25, 0.3) is 0 Å². The summed E-state index contributed by atoms with van der Waals surface area (Å²) in [6.45, 7) is 4.63. The van der Waals surface area contributed by atoms with Crippen molar-refractivity contribution in [2.45, 2.75) is 25.9 Å². The Labute approximate surface area is 129 Å². The smallest absolute Gasteiger partial charge is 0.119 e. The maximum Gasteiger partial charge on any atom is 0.119 e. The van der Waals surface area contributed by atoms with Gasteiger partial charge in [-0.05, 0) is 30.2 Å². The zero-order valence-corrected chi connectivity index (χ0v) is 13.3. The third-order valence-corrected chi connectivity index (χ3v) is 5.06. The minimum Gasteiger partial charge on any atom is -0.497 e. The Morgan fingerprint density at radius 2 is 2.33 bits per heavy atom. The van der Waals surface area contributed by atoms with E-state index in [0.717, 1.165) is 31.0 Å². The van der Waals surface area contributed by atoms with E-state index in [1.807, 2.05) is 13.0 Å². The molecule has 1 aliphatic heterocycles. The number of hydrogen-bond acceptors (Lipinski definition) is 5. The first-order valence-corrected chi connectivity index (χ1v) is 8.11. The summed E-state index contributed by atoms with van der Waals surface area (Å²) in [5.74, 6) is 0.907. The van der Waals surface area contributed by atoms with Gasteiger partial charge in [0.2, 0.25) is 0 Å². The van der Waals surface area contributed by atoms with Gasteiger partial charge in [0.15, 0.2) is 0 Å². The molecule has 1 aromatic carbocycles. The van der Waals surface area contributed by atoms with E-state index in [1.54, 1.807) is 18.4 Å². The second-order valence-electron chi connectivity index (χ2n) is 5.42. The number of methoxy groups -OCH3 is 1. The molecule has 0 bridgehead atoms. The molecule has 21 heavy (non-hydrogen) atoms. The van der Waals surface area contributed by atoms with E-state index in [1.165, 1.54) is 16.1 Å². The Kier molecular flexibility index (Phi) is 4.24. The molecule has 2 N–H and O–H groups in total. The molecule has 0 fully saturated rings. The lowest BCUT2D eigenvalue weighted by atomic mass is 10.0. The summed E-state index contributed by atoms with van der Waals surface area (Å²) >= 11 is 1.74. The maximum atomic E-state index is 6.01. The van der Waals surface area contributed by atoms with Crippen LogP contribution in [0.25, 0.3) is 0 Å². The number of thiazole rings is 1. The number of ether oxygens (including phenoxy) is 1. The molecule has 0 spiro atoms. The third-order valence-electron chi connectivity index (χ3n) is 4.03. The molecule has 0 amide bonds. The molecular formula is C16H21N3OS. The van der Waals surface area contributed by atoms with Crippen molar-refractivity contribution < 1.29 is 4.74 Å². The Bertz CT molecular complexity index is 626. The zero-order valence-electron chi connectivity index (χ0n) is 12.5. The average molecular weight is 303 g/mol. The summed E-state index contributed by atoms with van der Waals surface area (Å²) in [6, 6.07) is 6.60. The van der Waals surface area contributed by atoms with E-state index >= 15 is 0 Å². The van der Waals surface area contributed by atoms with Crippen molar-refractivity contribution in [3.05, 3.63) is 45.4 Å². The third kappa shape index (κ3) is 2.95. The minimum absolute atomic E-state index is 0.288. The SMILES string of the molecule is COc1ccc2c(c1)C(CN)N(CCc1nc(C)cs1)C2. The number of fused-ring (bicyclic) bond motifs is 1. The second-order valence-corrected chi connectivity index (χ2v) is 6.36. The molecule has 1 aromatic heterocycles. The van der Waals surface area contributed by atoms with Crippen LogP contribution in [-0.2, 0) is 13.0 Å². The lowest BCUT2D eigenvalue weighted by Crippen LogP contribution is -2.29. The quantitative estimate of drug-likeness (QED) is 0.922. The first-order chi connectivity index (χ1) is 10.2. The highest BCUT2D eigenvalue weighted by atomic mass is 32.1. The Morgan fingerprint density at radius 1 is 1.48 bits per heavy atom. The lowest BCUT2D eigenvalue weighted by molar-refractivity contribution is 0.222. The predicted octanol–water partition coefficient (Wildman–Crippen LogP) is 2.52. The Hall–Kier alpha value is -1.43. The first kappa shape index (κ1) is 14.5. The number of rotatable bonds is 5. The summed E-state index contributed by atoms with van der Waals surface area (Å²) in [6.07, 6.45) is 0.986. The van der Waals surface area contributed by atoms with Crippen molar-refractivity contribution in [1.29, 1.82) is 0 Å². The molecule has 5 heteroatoms. The van der Waals surface area contributed by atoms with Gasteiger partial charge in [-0.25, -0.2) is 4.98 Å². The van der Waals surface area contributed by atoms with Crippen molar-refractivity contribution in [3.63, 3.8) is 0 Å². The molecule has 0 radical (unpaired) electrons. The van der Waals surface area contributed by atoms with Crippen molar-refractivity contribution in [1.82, 2.24) is 9.88 Å². The second kappa shape index (κ2) is 6.13. The summed E-state index contributed by atoms with van der Waals surface area (Å²) < 4.78 is 5.33. The van der Waals surface area contributed by atoms with Crippen LogP contribution in [0.2, 0.25) is 0 Å². The molecule has 1 atom stereocenters. The van der Waals surface area contributed by atoms with Crippen LogP contribution in [0.15, 0.2) is 23.6 Å². The van der Waals surface area contributed by atoms with E-state index in [2.05, 4.69) is 27.4 Å². The molecule has 1 unspecified atom stereocenters. The Balaban J connectivity index is 1.72. The Morgan fingerprint density at radius 3 is 3.00 bits per heavy atom. The van der Waals surface area contributed by atoms with Crippen LogP contribution < -0.4 is 10.5 Å². The van der Waals surface area contributed by atoms with Gasteiger partial charge in [-0.2, -0.15) is 0 Å². The van der Waals surface area contributed by atoms with Crippen molar-refractivity contribution in [2.24, 2.45) is 5.73 Å². The largest absolute Gasteiger partial charge is 0.497 e. The van der Waals surface area contributed by atoms with Crippen LogP contribution in [0, 0.1) is 6.92 Å². The molecule has 112 valence electrons. The molecule has 4 nitrogen and oxygen atoms in total. The van der Waals surface area contributed by atoms with Gasteiger partial charge in [0.1, 0.15) is 5.75 Å². The number of nitrogens with zero attached hydrogens (tertiary/aromatic N) is 2. The molecule has 1 aliphatic rings. The minimum atomic E-state index is 0.288. The monoisotopic (exact) mass is 303 g/mol. The molecule has 0 saturated heterocycles. The molecule has 0 aliphatic carbocycles. The number of aryl methyl sites for hydroxylation is 1. The molecule has 3 rings (SSSR count). The predicted molar refractivity (Wildman–Crippen MR) is 85.8 cm³/mol. The standard InChI is InChI=1S/C16H21N3OS/c1-11-10-21-16(18-11)5-6-19-9-12-3-4-13(20-2)7-14(12)15(19)8-17/h3-4,7,10,15H,5-6,8-9,17H2,1-2H3. The highest BCUT2D eigenvalue weighted by Crippen LogP contribution is 2.35. The van der Waals surface area contributed by atoms with Crippen LogP contribution in [0.1, 0.15) is 27.9 Å². The zero-order chi connectivity index (χ0) is 14.8. The van der Waals surface area contributed by atoms with Gasteiger partial charge < -0.3 is 10.5 Å². The van der Waals surface area contributed by atoms with Crippen LogP contribution in [-0.4, -0.2) is 30.1 Å². The summed E-state index contributed by atoms with van der Waals surface area (Å²) in [5.41, 5.74) is 9.79. The highest BCUT2D eigenvalue weighted by Gasteiger charge is 2.29. The molecular weight excluding hydrogens is 282 g/mol. The number of hydrogen-bond donors (Lipinski definition) is 1. The van der Waals surface area contributed by atoms with Crippen LogP contribution in [0.3, 0.4) is 0 Å². The van der Waals surface area contributed by atoms with E-state index < -0.39 is 0 Å². The van der Waals surface area contributed by atoms with Gasteiger partial charge in [0, 0.05) is 43.2 Å². The highest BCUT2D eigenvalue weighted by molar-refractivity contribution is 7.09. The van der Waals surface area contributed by atoms with Crippen molar-refractivity contribution >= 4 is 11.3 Å². The fraction of sp³-hybridized carbons (Fsp3) is 0.438. The van der Waals surface area contributed by atoms with E-state index in [9.17, 15) is 0 Å². The molecule has 2 aromatic rings. The molecule has 2 heterocycles. The van der Waals surface area contributed by atoms with E-state index in [-0.39, 0.29) is 6.04 Å². The maximum absolute atomic E-state index is 6.01. The fourth-order valence-corrected chi connectivity index (χ4v) is 3.71. The lowest BCUT2D eigenvalue weighted by Gasteiger charge is -2.23. The number of benzene rings is 1. The van der Waals surface area contributed by atoms with Gasteiger partial charge in [-0.3, -0.25) is 4.90 Å². The van der Waals surface area contributed by atoms with Gasteiger partial charge in [-0.15, -0.1) is 11.3 Å². The van der Waals surface area contributed by atoms with Gasteiger partial charge >= 0.3 is 0 Å².